The van der Waals surface area contributed by atoms with Crippen LogP contribution in [0.1, 0.15) is 32.1 Å². The van der Waals surface area contributed by atoms with Gasteiger partial charge in [0.2, 0.25) is 0 Å². The largest absolute Gasteiger partial charge is 0.468 e. The standard InChI is InChI=1S/C13H20O4/c1-4-9-13(11(14)16-2,12(15)17-3)10-7-5-6-8-10/h4,10H,1,5-9H2,2-3H3. The van der Waals surface area contributed by atoms with Crippen LogP contribution in [0.3, 0.4) is 0 Å². The molecule has 0 atom stereocenters. The molecule has 0 spiro atoms. The first-order chi connectivity index (χ1) is 8.13. The van der Waals surface area contributed by atoms with Crippen molar-refractivity contribution in [3.63, 3.8) is 0 Å². The molecular weight excluding hydrogens is 220 g/mol. The maximum atomic E-state index is 12.0. The summed E-state index contributed by atoms with van der Waals surface area (Å²) in [5, 5.41) is 0. The first-order valence-electron chi connectivity index (χ1n) is 5.91. The van der Waals surface area contributed by atoms with Crippen molar-refractivity contribution in [3.05, 3.63) is 12.7 Å². The summed E-state index contributed by atoms with van der Waals surface area (Å²) in [6, 6.07) is 0. The monoisotopic (exact) mass is 240 g/mol. The Morgan fingerprint density at radius 1 is 1.24 bits per heavy atom. The molecule has 1 aliphatic carbocycles. The molecule has 17 heavy (non-hydrogen) atoms. The van der Waals surface area contributed by atoms with Gasteiger partial charge in [0.1, 0.15) is 0 Å². The summed E-state index contributed by atoms with van der Waals surface area (Å²) in [4.78, 5) is 24.1. The molecule has 0 saturated heterocycles. The molecule has 1 saturated carbocycles. The summed E-state index contributed by atoms with van der Waals surface area (Å²) >= 11 is 0. The van der Waals surface area contributed by atoms with Gasteiger partial charge >= 0.3 is 11.9 Å². The third-order valence-electron chi connectivity index (χ3n) is 3.62. The van der Waals surface area contributed by atoms with Gasteiger partial charge in [-0.05, 0) is 25.2 Å². The second-order valence-electron chi connectivity index (χ2n) is 4.43. The molecule has 1 fully saturated rings. The van der Waals surface area contributed by atoms with Gasteiger partial charge in [-0.3, -0.25) is 9.59 Å². The first-order valence-corrected chi connectivity index (χ1v) is 5.91. The van der Waals surface area contributed by atoms with Gasteiger partial charge in [-0.15, -0.1) is 6.58 Å². The van der Waals surface area contributed by atoms with Gasteiger partial charge in [0.05, 0.1) is 14.2 Å². The van der Waals surface area contributed by atoms with Gasteiger partial charge in [-0.2, -0.15) is 0 Å². The maximum absolute atomic E-state index is 12.0. The van der Waals surface area contributed by atoms with Crippen LogP contribution in [0.4, 0.5) is 0 Å². The van der Waals surface area contributed by atoms with Crippen molar-refractivity contribution < 1.29 is 19.1 Å². The van der Waals surface area contributed by atoms with Crippen LogP contribution in [0.2, 0.25) is 0 Å². The summed E-state index contributed by atoms with van der Waals surface area (Å²) in [6.07, 6.45) is 5.66. The number of carbonyl (C=O) groups excluding carboxylic acids is 2. The fourth-order valence-electron chi connectivity index (χ4n) is 2.76. The molecule has 1 aliphatic rings. The van der Waals surface area contributed by atoms with E-state index in [0.717, 1.165) is 25.7 Å². The van der Waals surface area contributed by atoms with E-state index < -0.39 is 17.4 Å². The molecular formula is C13H20O4. The van der Waals surface area contributed by atoms with Crippen LogP contribution < -0.4 is 0 Å². The normalized spacial score (nSPS) is 16.6. The maximum Gasteiger partial charge on any atom is 0.323 e. The molecule has 0 bridgehead atoms. The van der Waals surface area contributed by atoms with Crippen LogP contribution in [0.25, 0.3) is 0 Å². The number of hydrogen-bond acceptors (Lipinski definition) is 4. The highest BCUT2D eigenvalue weighted by atomic mass is 16.5. The minimum Gasteiger partial charge on any atom is -0.468 e. The quantitative estimate of drug-likeness (QED) is 0.419. The highest BCUT2D eigenvalue weighted by Gasteiger charge is 2.53. The lowest BCUT2D eigenvalue weighted by Crippen LogP contribution is -2.46. The molecule has 0 aromatic rings. The summed E-state index contributed by atoms with van der Waals surface area (Å²) in [7, 11) is 2.61. The zero-order valence-corrected chi connectivity index (χ0v) is 10.5. The topological polar surface area (TPSA) is 52.6 Å². The molecule has 0 aromatic carbocycles. The van der Waals surface area contributed by atoms with Crippen LogP contribution in [-0.2, 0) is 19.1 Å². The molecule has 0 heterocycles. The Labute approximate surface area is 102 Å². The van der Waals surface area contributed by atoms with E-state index >= 15 is 0 Å². The van der Waals surface area contributed by atoms with E-state index in [4.69, 9.17) is 9.47 Å². The van der Waals surface area contributed by atoms with Crippen LogP contribution in [-0.4, -0.2) is 26.2 Å². The predicted molar refractivity (Wildman–Crippen MR) is 63.2 cm³/mol. The number of methoxy groups -OCH3 is 2. The predicted octanol–water partition coefficient (Wildman–Crippen LogP) is 2.09. The summed E-state index contributed by atoms with van der Waals surface area (Å²) in [5.41, 5.74) is -1.19. The van der Waals surface area contributed by atoms with E-state index in [2.05, 4.69) is 6.58 Å². The molecule has 0 radical (unpaired) electrons. The van der Waals surface area contributed by atoms with Gasteiger partial charge in [-0.25, -0.2) is 0 Å². The van der Waals surface area contributed by atoms with E-state index in [9.17, 15) is 9.59 Å². The van der Waals surface area contributed by atoms with Crippen LogP contribution in [0, 0.1) is 11.3 Å². The van der Waals surface area contributed by atoms with E-state index in [0.29, 0.717) is 0 Å². The lowest BCUT2D eigenvalue weighted by atomic mass is 9.71. The van der Waals surface area contributed by atoms with Gasteiger partial charge < -0.3 is 9.47 Å². The molecule has 0 unspecified atom stereocenters. The number of carbonyl (C=O) groups is 2. The lowest BCUT2D eigenvalue weighted by molar-refractivity contribution is -0.173. The Morgan fingerprint density at radius 3 is 2.06 bits per heavy atom. The number of hydrogen-bond donors (Lipinski definition) is 0. The minimum absolute atomic E-state index is 0.000370. The Balaban J connectivity index is 3.13. The number of ether oxygens (including phenoxy) is 2. The van der Waals surface area contributed by atoms with E-state index in [-0.39, 0.29) is 12.3 Å². The van der Waals surface area contributed by atoms with Crippen LogP contribution in [0.15, 0.2) is 12.7 Å². The third kappa shape index (κ3) is 2.35. The van der Waals surface area contributed by atoms with Gasteiger partial charge in [0.15, 0.2) is 5.41 Å². The third-order valence-corrected chi connectivity index (χ3v) is 3.62. The van der Waals surface area contributed by atoms with E-state index in [1.165, 1.54) is 14.2 Å². The Kier molecular flexibility index (Phi) is 4.73. The van der Waals surface area contributed by atoms with Crippen molar-refractivity contribution in [1.82, 2.24) is 0 Å². The second kappa shape index (κ2) is 5.84. The van der Waals surface area contributed by atoms with Crippen molar-refractivity contribution in [2.75, 3.05) is 14.2 Å². The van der Waals surface area contributed by atoms with Crippen molar-refractivity contribution in [1.29, 1.82) is 0 Å². The van der Waals surface area contributed by atoms with E-state index in [1.54, 1.807) is 6.08 Å². The Hall–Kier alpha value is -1.32. The SMILES string of the molecule is C=CCC(C(=O)OC)(C(=O)OC)C1CCCC1. The smallest absolute Gasteiger partial charge is 0.323 e. The Morgan fingerprint density at radius 2 is 1.71 bits per heavy atom. The van der Waals surface area contributed by atoms with Crippen molar-refractivity contribution in [2.24, 2.45) is 11.3 Å². The lowest BCUT2D eigenvalue weighted by Gasteiger charge is -2.32. The molecule has 0 amide bonds. The molecule has 0 aromatic heterocycles. The van der Waals surface area contributed by atoms with Crippen LogP contribution >= 0.6 is 0 Å². The second-order valence-corrected chi connectivity index (χ2v) is 4.43. The molecule has 96 valence electrons. The fourth-order valence-corrected chi connectivity index (χ4v) is 2.76. The number of rotatable bonds is 5. The number of esters is 2. The van der Waals surface area contributed by atoms with Gasteiger partial charge in [-0.1, -0.05) is 18.9 Å². The van der Waals surface area contributed by atoms with E-state index in [1.807, 2.05) is 0 Å². The zero-order chi connectivity index (χ0) is 12.9. The number of allylic oxidation sites excluding steroid dienone is 1. The highest BCUT2D eigenvalue weighted by molar-refractivity contribution is 6.00. The first kappa shape index (κ1) is 13.7. The molecule has 1 rings (SSSR count). The van der Waals surface area contributed by atoms with Gasteiger partial charge in [0, 0.05) is 0 Å². The highest BCUT2D eigenvalue weighted by Crippen LogP contribution is 2.44. The minimum atomic E-state index is -1.19. The molecule has 0 N–H and O–H groups in total. The molecule has 4 nitrogen and oxygen atoms in total. The average molecular weight is 240 g/mol. The summed E-state index contributed by atoms with van der Waals surface area (Å²) < 4.78 is 9.63. The summed E-state index contributed by atoms with van der Waals surface area (Å²) in [6.45, 7) is 3.63. The molecule has 4 heteroatoms. The molecule has 0 aliphatic heterocycles. The van der Waals surface area contributed by atoms with Crippen molar-refractivity contribution >= 4 is 11.9 Å². The average Bonchev–Trinajstić information content (AvgIpc) is 2.88. The fraction of sp³-hybridized carbons (Fsp3) is 0.692. The van der Waals surface area contributed by atoms with Crippen LogP contribution in [0.5, 0.6) is 0 Å². The van der Waals surface area contributed by atoms with Crippen molar-refractivity contribution in [2.45, 2.75) is 32.1 Å². The summed E-state index contributed by atoms with van der Waals surface area (Å²) in [5.74, 6) is -1.01. The Bertz CT molecular complexity index is 287. The van der Waals surface area contributed by atoms with Crippen molar-refractivity contribution in [3.8, 4) is 0 Å². The zero-order valence-electron chi connectivity index (χ0n) is 10.5. The van der Waals surface area contributed by atoms with Gasteiger partial charge in [0.25, 0.3) is 0 Å².